The zero-order chi connectivity index (χ0) is 9.43. The van der Waals surface area contributed by atoms with Gasteiger partial charge in [-0.05, 0) is 36.3 Å². The van der Waals surface area contributed by atoms with E-state index >= 15 is 0 Å². The van der Waals surface area contributed by atoms with Gasteiger partial charge in [-0.3, -0.25) is 0 Å². The highest BCUT2D eigenvalue weighted by Crippen LogP contribution is 2.42. The lowest BCUT2D eigenvalue weighted by Crippen LogP contribution is -2.47. The van der Waals surface area contributed by atoms with Crippen molar-refractivity contribution in [1.29, 1.82) is 0 Å². The second-order valence-electron chi connectivity index (χ2n) is 4.58. The Kier molecular flexibility index (Phi) is 2.14. The van der Waals surface area contributed by atoms with Gasteiger partial charge in [0.05, 0.1) is 0 Å². The van der Waals surface area contributed by atoms with Crippen molar-refractivity contribution >= 4 is 11.3 Å². The molecule has 0 aromatic carbocycles. The fourth-order valence-corrected chi connectivity index (χ4v) is 4.05. The Morgan fingerprint density at radius 1 is 1.21 bits per heavy atom. The number of hydrogen-bond acceptors (Lipinski definition) is 2. The van der Waals surface area contributed by atoms with E-state index in [1.54, 1.807) is 10.4 Å². The van der Waals surface area contributed by atoms with Crippen LogP contribution in [0.1, 0.15) is 42.5 Å². The van der Waals surface area contributed by atoms with Gasteiger partial charge in [0.25, 0.3) is 0 Å². The Morgan fingerprint density at radius 2 is 2.07 bits per heavy atom. The van der Waals surface area contributed by atoms with Gasteiger partial charge in [0, 0.05) is 17.0 Å². The van der Waals surface area contributed by atoms with Gasteiger partial charge in [-0.2, -0.15) is 0 Å². The van der Waals surface area contributed by atoms with E-state index in [-0.39, 0.29) is 0 Å². The van der Waals surface area contributed by atoms with E-state index in [0.717, 1.165) is 0 Å². The third kappa shape index (κ3) is 1.24. The number of fused-ring (bicyclic) bond motifs is 2. The Labute approximate surface area is 89.5 Å². The third-order valence-corrected chi connectivity index (χ3v) is 4.76. The van der Waals surface area contributed by atoms with Crippen LogP contribution in [0.4, 0.5) is 0 Å². The van der Waals surface area contributed by atoms with Crippen LogP contribution in [0.3, 0.4) is 0 Å². The van der Waals surface area contributed by atoms with E-state index in [9.17, 15) is 0 Å². The number of thiophene rings is 1. The highest BCUT2D eigenvalue weighted by atomic mass is 32.1. The largest absolute Gasteiger partial charge is 0.307 e. The van der Waals surface area contributed by atoms with E-state index in [4.69, 9.17) is 0 Å². The first-order chi connectivity index (χ1) is 6.91. The summed E-state index contributed by atoms with van der Waals surface area (Å²) < 4.78 is 0. The first-order valence-electron chi connectivity index (χ1n) is 5.73. The van der Waals surface area contributed by atoms with Gasteiger partial charge in [0.1, 0.15) is 0 Å². The zero-order valence-corrected chi connectivity index (χ0v) is 9.33. The molecule has 14 heavy (non-hydrogen) atoms. The third-order valence-electron chi connectivity index (χ3n) is 3.78. The molecule has 0 bridgehead atoms. The summed E-state index contributed by atoms with van der Waals surface area (Å²) in [5.74, 6) is 0. The molecule has 1 aromatic rings. The van der Waals surface area contributed by atoms with Crippen LogP contribution < -0.4 is 5.32 Å². The lowest BCUT2D eigenvalue weighted by atomic mass is 9.75. The predicted molar refractivity (Wildman–Crippen MR) is 60.8 cm³/mol. The van der Waals surface area contributed by atoms with Gasteiger partial charge in [0.2, 0.25) is 0 Å². The van der Waals surface area contributed by atoms with Crippen molar-refractivity contribution in [3.63, 3.8) is 0 Å². The van der Waals surface area contributed by atoms with E-state index in [1.807, 2.05) is 11.3 Å². The Hall–Kier alpha value is -0.340. The Bertz CT molecular complexity index is 323. The molecule has 0 atom stereocenters. The van der Waals surface area contributed by atoms with Crippen LogP contribution in [0.2, 0.25) is 0 Å². The number of hydrogen-bond donors (Lipinski definition) is 1. The molecule has 0 radical (unpaired) electrons. The second kappa shape index (κ2) is 3.35. The van der Waals surface area contributed by atoms with Crippen molar-refractivity contribution in [2.75, 3.05) is 6.54 Å². The van der Waals surface area contributed by atoms with E-state index in [1.165, 1.54) is 45.1 Å². The molecule has 1 fully saturated rings. The summed E-state index contributed by atoms with van der Waals surface area (Å²) in [7, 11) is 0. The monoisotopic (exact) mass is 207 g/mol. The maximum atomic E-state index is 3.78. The van der Waals surface area contributed by atoms with Gasteiger partial charge in [-0.1, -0.05) is 19.3 Å². The number of nitrogens with one attached hydrogen (secondary N) is 1. The van der Waals surface area contributed by atoms with Crippen molar-refractivity contribution in [2.45, 2.75) is 44.1 Å². The molecule has 1 aliphatic carbocycles. The minimum atomic E-state index is 0.381. The normalized spacial score (nSPS) is 24.9. The summed E-state index contributed by atoms with van der Waals surface area (Å²) in [6.45, 7) is 1.19. The maximum Gasteiger partial charge on any atom is 0.0445 e. The summed E-state index contributed by atoms with van der Waals surface area (Å²) in [6, 6.07) is 2.36. The first-order valence-corrected chi connectivity index (χ1v) is 6.61. The molecular weight excluding hydrogens is 190 g/mol. The first kappa shape index (κ1) is 8.93. The van der Waals surface area contributed by atoms with Crippen LogP contribution in [0, 0.1) is 0 Å². The van der Waals surface area contributed by atoms with Crippen LogP contribution in [0.25, 0.3) is 0 Å². The maximum absolute atomic E-state index is 3.78. The molecule has 3 rings (SSSR count). The average Bonchev–Trinajstić information content (AvgIpc) is 2.69. The van der Waals surface area contributed by atoms with Crippen molar-refractivity contribution in [1.82, 2.24) is 5.32 Å². The zero-order valence-electron chi connectivity index (χ0n) is 8.51. The molecule has 0 saturated heterocycles. The summed E-state index contributed by atoms with van der Waals surface area (Å²) >= 11 is 1.95. The molecule has 1 aromatic heterocycles. The van der Waals surface area contributed by atoms with Gasteiger partial charge in [-0.15, -0.1) is 11.3 Å². The molecule has 76 valence electrons. The fourth-order valence-electron chi connectivity index (χ4n) is 3.07. The van der Waals surface area contributed by atoms with Gasteiger partial charge >= 0.3 is 0 Å². The molecule has 1 saturated carbocycles. The molecule has 0 amide bonds. The van der Waals surface area contributed by atoms with E-state index in [0.29, 0.717) is 5.54 Å². The lowest BCUT2D eigenvalue weighted by molar-refractivity contribution is 0.225. The molecule has 1 aliphatic heterocycles. The summed E-state index contributed by atoms with van der Waals surface area (Å²) in [4.78, 5) is 1.64. The van der Waals surface area contributed by atoms with Crippen molar-refractivity contribution in [3.8, 4) is 0 Å². The average molecular weight is 207 g/mol. The molecule has 2 heteroatoms. The lowest BCUT2D eigenvalue weighted by Gasteiger charge is -2.41. The minimum absolute atomic E-state index is 0.381. The summed E-state index contributed by atoms with van der Waals surface area (Å²) in [5.41, 5.74) is 2.01. The molecule has 1 N–H and O–H groups in total. The molecular formula is C12H17NS. The summed E-state index contributed by atoms with van der Waals surface area (Å²) in [5, 5.41) is 6.06. The quantitative estimate of drug-likeness (QED) is 0.689. The Balaban J connectivity index is 2.01. The molecule has 2 heterocycles. The summed E-state index contributed by atoms with van der Waals surface area (Å²) in [6.07, 6.45) is 8.20. The van der Waals surface area contributed by atoms with Crippen LogP contribution in [0.5, 0.6) is 0 Å². The van der Waals surface area contributed by atoms with Crippen molar-refractivity contribution < 1.29 is 0 Å². The van der Waals surface area contributed by atoms with Crippen LogP contribution >= 0.6 is 11.3 Å². The molecule has 0 unspecified atom stereocenters. The highest BCUT2D eigenvalue weighted by molar-refractivity contribution is 7.10. The van der Waals surface area contributed by atoms with Gasteiger partial charge in [0.15, 0.2) is 0 Å². The van der Waals surface area contributed by atoms with Gasteiger partial charge < -0.3 is 5.32 Å². The molecule has 1 nitrogen and oxygen atoms in total. The van der Waals surface area contributed by atoms with E-state index in [2.05, 4.69) is 16.8 Å². The van der Waals surface area contributed by atoms with Crippen LogP contribution in [0.15, 0.2) is 11.4 Å². The molecule has 1 spiro atoms. The van der Waals surface area contributed by atoms with Crippen molar-refractivity contribution in [3.05, 3.63) is 21.9 Å². The SMILES string of the molecule is c1cc2c(s1)CCNC21CCCCC1. The topological polar surface area (TPSA) is 12.0 Å². The fraction of sp³-hybridized carbons (Fsp3) is 0.667. The predicted octanol–water partition coefficient (Wildman–Crippen LogP) is 3.05. The Morgan fingerprint density at radius 3 is 2.93 bits per heavy atom. The van der Waals surface area contributed by atoms with Gasteiger partial charge in [-0.25, -0.2) is 0 Å². The standard InChI is InChI=1S/C12H17NS/c1-2-6-12(7-3-1)10-5-9-14-11(10)4-8-13-12/h5,9,13H,1-4,6-8H2. The second-order valence-corrected chi connectivity index (χ2v) is 5.58. The minimum Gasteiger partial charge on any atom is -0.307 e. The van der Waals surface area contributed by atoms with Crippen molar-refractivity contribution in [2.24, 2.45) is 0 Å². The van der Waals surface area contributed by atoms with Crippen LogP contribution in [-0.4, -0.2) is 6.54 Å². The smallest absolute Gasteiger partial charge is 0.0445 e. The van der Waals surface area contributed by atoms with Crippen LogP contribution in [-0.2, 0) is 12.0 Å². The number of rotatable bonds is 0. The van der Waals surface area contributed by atoms with E-state index < -0.39 is 0 Å². The molecule has 2 aliphatic rings. The highest BCUT2D eigenvalue weighted by Gasteiger charge is 2.37.